The number of sulfone groups is 1. The molecule has 0 saturated carbocycles. The number of rotatable bonds is 7. The second-order valence-corrected chi connectivity index (χ2v) is 7.94. The Morgan fingerprint density at radius 2 is 1.79 bits per heavy atom. The lowest BCUT2D eigenvalue weighted by Gasteiger charge is -2.12. The van der Waals surface area contributed by atoms with Gasteiger partial charge in [0, 0.05) is 10.0 Å². The van der Waals surface area contributed by atoms with Gasteiger partial charge in [-0.15, -0.1) is 0 Å². The Kier molecular flexibility index (Phi) is 6.20. The molecule has 0 radical (unpaired) electrons. The number of unbranched alkanes of at least 4 members (excludes halogenated alkanes) is 2. The Hall–Kier alpha value is -0.680. The van der Waals surface area contributed by atoms with E-state index in [0.29, 0.717) is 12.0 Å². The van der Waals surface area contributed by atoms with E-state index >= 15 is 0 Å². The first-order valence-corrected chi connectivity index (χ1v) is 8.90. The highest BCUT2D eigenvalue weighted by molar-refractivity contribution is 9.10. The van der Waals surface area contributed by atoms with Crippen molar-refractivity contribution in [1.82, 2.24) is 0 Å². The van der Waals surface area contributed by atoms with Crippen molar-refractivity contribution in [2.24, 2.45) is 0 Å². The predicted molar refractivity (Wildman–Crippen MR) is 81.2 cm³/mol. The fourth-order valence-electron chi connectivity index (χ4n) is 1.74. The van der Waals surface area contributed by atoms with Gasteiger partial charge in [0.1, 0.15) is 5.25 Å². The quantitative estimate of drug-likeness (QED) is 0.559. The SMILES string of the molecule is CCCCCS(=O)(=O)C(C)C(=O)c1ccc(Br)cc1. The summed E-state index contributed by atoms with van der Waals surface area (Å²) in [5.74, 6) is -0.242. The molecule has 1 atom stereocenters. The molecule has 19 heavy (non-hydrogen) atoms. The van der Waals surface area contributed by atoms with Gasteiger partial charge < -0.3 is 0 Å². The number of carbonyl (C=O) groups is 1. The molecule has 0 aliphatic rings. The molecule has 3 nitrogen and oxygen atoms in total. The number of ketones is 1. The zero-order valence-corrected chi connectivity index (χ0v) is 13.6. The molecule has 0 bridgehead atoms. The van der Waals surface area contributed by atoms with Gasteiger partial charge in [-0.25, -0.2) is 8.42 Å². The maximum Gasteiger partial charge on any atom is 0.180 e. The van der Waals surface area contributed by atoms with Crippen molar-refractivity contribution in [3.63, 3.8) is 0 Å². The molecular weight excluding hydrogens is 328 g/mol. The van der Waals surface area contributed by atoms with Crippen LogP contribution in [0.25, 0.3) is 0 Å². The topological polar surface area (TPSA) is 51.2 Å². The molecule has 1 unspecified atom stereocenters. The molecule has 1 aromatic rings. The molecule has 0 aliphatic heterocycles. The summed E-state index contributed by atoms with van der Waals surface area (Å²) in [6, 6.07) is 6.77. The smallest absolute Gasteiger partial charge is 0.180 e. The van der Waals surface area contributed by atoms with Crippen molar-refractivity contribution >= 4 is 31.6 Å². The van der Waals surface area contributed by atoms with E-state index in [0.717, 1.165) is 17.3 Å². The first-order chi connectivity index (χ1) is 8.88. The van der Waals surface area contributed by atoms with Crippen LogP contribution in [0.4, 0.5) is 0 Å². The van der Waals surface area contributed by atoms with Crippen LogP contribution in [0.1, 0.15) is 43.5 Å². The average Bonchev–Trinajstić information content (AvgIpc) is 2.38. The average molecular weight is 347 g/mol. The zero-order valence-electron chi connectivity index (χ0n) is 11.2. The Balaban J connectivity index is 2.78. The fraction of sp³-hybridized carbons (Fsp3) is 0.500. The monoisotopic (exact) mass is 346 g/mol. The van der Waals surface area contributed by atoms with E-state index in [9.17, 15) is 13.2 Å². The maximum atomic E-state index is 12.1. The number of hydrogen-bond acceptors (Lipinski definition) is 3. The third-order valence-corrected chi connectivity index (χ3v) is 5.75. The van der Waals surface area contributed by atoms with E-state index in [1.807, 2.05) is 6.92 Å². The van der Waals surface area contributed by atoms with Crippen LogP contribution in [0.15, 0.2) is 28.7 Å². The second-order valence-electron chi connectivity index (χ2n) is 4.59. The van der Waals surface area contributed by atoms with Gasteiger partial charge >= 0.3 is 0 Å². The molecule has 0 fully saturated rings. The van der Waals surface area contributed by atoms with Crippen LogP contribution in [-0.4, -0.2) is 25.2 Å². The second kappa shape index (κ2) is 7.20. The molecule has 0 spiro atoms. The molecule has 0 aliphatic carbocycles. The molecule has 106 valence electrons. The van der Waals surface area contributed by atoms with Crippen molar-refractivity contribution in [2.45, 2.75) is 38.4 Å². The van der Waals surface area contributed by atoms with Crippen LogP contribution in [-0.2, 0) is 9.84 Å². The fourth-order valence-corrected chi connectivity index (χ4v) is 3.43. The number of halogens is 1. The molecule has 0 amide bonds. The number of hydrogen-bond donors (Lipinski definition) is 0. The van der Waals surface area contributed by atoms with Crippen LogP contribution in [0.3, 0.4) is 0 Å². The Labute approximate surface area is 123 Å². The van der Waals surface area contributed by atoms with Crippen molar-refractivity contribution in [1.29, 1.82) is 0 Å². The van der Waals surface area contributed by atoms with Gasteiger partial charge in [-0.3, -0.25) is 4.79 Å². The van der Waals surface area contributed by atoms with Gasteiger partial charge in [-0.1, -0.05) is 47.8 Å². The van der Waals surface area contributed by atoms with Gasteiger partial charge in [0.05, 0.1) is 5.75 Å². The molecule has 0 N–H and O–H groups in total. The Morgan fingerprint density at radius 1 is 1.21 bits per heavy atom. The lowest BCUT2D eigenvalue weighted by atomic mass is 10.1. The summed E-state index contributed by atoms with van der Waals surface area (Å²) >= 11 is 3.28. The predicted octanol–water partition coefficient (Wildman–Crippen LogP) is 3.63. The van der Waals surface area contributed by atoms with Gasteiger partial charge in [-0.2, -0.15) is 0 Å². The highest BCUT2D eigenvalue weighted by atomic mass is 79.9. The highest BCUT2D eigenvalue weighted by Gasteiger charge is 2.28. The Morgan fingerprint density at radius 3 is 2.32 bits per heavy atom. The van der Waals surface area contributed by atoms with E-state index in [1.54, 1.807) is 24.3 Å². The summed E-state index contributed by atoms with van der Waals surface area (Å²) in [4.78, 5) is 12.1. The largest absolute Gasteiger partial charge is 0.293 e. The summed E-state index contributed by atoms with van der Waals surface area (Å²) in [7, 11) is -3.35. The summed E-state index contributed by atoms with van der Waals surface area (Å²) in [6.45, 7) is 3.49. The number of Topliss-reactive ketones (excluding diaryl/α,β-unsaturated/α-hetero) is 1. The molecule has 0 heterocycles. The van der Waals surface area contributed by atoms with Crippen molar-refractivity contribution < 1.29 is 13.2 Å². The Bertz CT molecular complexity index is 520. The van der Waals surface area contributed by atoms with Gasteiger partial charge in [0.2, 0.25) is 0 Å². The van der Waals surface area contributed by atoms with Gasteiger partial charge in [0.25, 0.3) is 0 Å². The van der Waals surface area contributed by atoms with Gasteiger partial charge in [0.15, 0.2) is 15.6 Å². The first kappa shape index (κ1) is 16.4. The van der Waals surface area contributed by atoms with E-state index < -0.39 is 15.1 Å². The van der Waals surface area contributed by atoms with Crippen LogP contribution in [0.5, 0.6) is 0 Å². The summed E-state index contributed by atoms with van der Waals surface area (Å²) in [6.07, 6.45) is 2.46. The number of carbonyl (C=O) groups excluding carboxylic acids is 1. The van der Waals surface area contributed by atoms with Crippen LogP contribution >= 0.6 is 15.9 Å². The lowest BCUT2D eigenvalue weighted by molar-refractivity contribution is 0.0991. The van der Waals surface area contributed by atoms with Crippen molar-refractivity contribution in [2.75, 3.05) is 5.75 Å². The minimum atomic E-state index is -3.35. The standard InChI is InChI=1S/C14H19BrO3S/c1-3-4-5-10-19(17,18)11(2)14(16)12-6-8-13(15)9-7-12/h6-9,11H,3-5,10H2,1-2H3. The summed E-state index contributed by atoms with van der Waals surface area (Å²) in [5, 5.41) is -0.967. The molecule has 1 rings (SSSR count). The molecular formula is C14H19BrO3S. The third-order valence-electron chi connectivity index (χ3n) is 3.07. The molecule has 5 heteroatoms. The first-order valence-electron chi connectivity index (χ1n) is 6.40. The normalized spacial score (nSPS) is 13.2. The zero-order chi connectivity index (χ0) is 14.5. The van der Waals surface area contributed by atoms with E-state index in [2.05, 4.69) is 15.9 Å². The summed E-state index contributed by atoms with van der Waals surface area (Å²) < 4.78 is 25.0. The van der Waals surface area contributed by atoms with Crippen molar-refractivity contribution in [3.05, 3.63) is 34.3 Å². The minimum Gasteiger partial charge on any atom is -0.293 e. The highest BCUT2D eigenvalue weighted by Crippen LogP contribution is 2.16. The number of benzene rings is 1. The maximum absolute atomic E-state index is 12.1. The minimum absolute atomic E-state index is 0.0876. The molecule has 0 aromatic heterocycles. The molecule has 0 saturated heterocycles. The lowest BCUT2D eigenvalue weighted by Crippen LogP contribution is -2.29. The van der Waals surface area contributed by atoms with E-state index in [1.165, 1.54) is 6.92 Å². The van der Waals surface area contributed by atoms with Crippen molar-refractivity contribution in [3.8, 4) is 0 Å². The van der Waals surface area contributed by atoms with Gasteiger partial charge in [-0.05, 0) is 25.5 Å². The molecule has 1 aromatic carbocycles. The van der Waals surface area contributed by atoms with E-state index in [4.69, 9.17) is 0 Å². The van der Waals surface area contributed by atoms with Crippen LogP contribution < -0.4 is 0 Å². The summed E-state index contributed by atoms with van der Waals surface area (Å²) in [5.41, 5.74) is 0.440. The van der Waals surface area contributed by atoms with Crippen LogP contribution in [0.2, 0.25) is 0 Å². The van der Waals surface area contributed by atoms with Crippen LogP contribution in [0, 0.1) is 0 Å². The third kappa shape index (κ3) is 4.73. The van der Waals surface area contributed by atoms with E-state index in [-0.39, 0.29) is 11.5 Å².